The average Bonchev–Trinajstić information content (AvgIpc) is 2.42. The van der Waals surface area contributed by atoms with Crippen LogP contribution in [-0.4, -0.2) is 48.7 Å². The number of amides is 2. The van der Waals surface area contributed by atoms with E-state index in [1.165, 1.54) is 13.8 Å². The van der Waals surface area contributed by atoms with Crippen molar-refractivity contribution >= 4 is 23.4 Å². The molecule has 0 saturated carbocycles. The first-order valence-corrected chi connectivity index (χ1v) is 7.41. The Labute approximate surface area is 131 Å². The third-order valence-corrected chi connectivity index (χ3v) is 3.14. The van der Waals surface area contributed by atoms with Crippen LogP contribution in [0.1, 0.15) is 47.0 Å². The van der Waals surface area contributed by atoms with Crippen molar-refractivity contribution in [1.82, 2.24) is 10.6 Å². The summed E-state index contributed by atoms with van der Waals surface area (Å²) in [5.41, 5.74) is 0. The van der Waals surface area contributed by atoms with Crippen LogP contribution in [0.2, 0.25) is 0 Å². The zero-order valence-corrected chi connectivity index (χ0v) is 13.7. The van der Waals surface area contributed by atoms with Gasteiger partial charge in [-0.05, 0) is 34.1 Å². The number of ether oxygens (including phenoxy) is 1. The number of carbonyl (C=O) groups excluding carboxylic acids is 4. The van der Waals surface area contributed by atoms with E-state index in [-0.39, 0.29) is 42.8 Å². The highest BCUT2D eigenvalue weighted by Crippen LogP contribution is 1.94. The van der Waals surface area contributed by atoms with Crippen molar-refractivity contribution in [2.75, 3.05) is 13.2 Å². The van der Waals surface area contributed by atoms with Crippen molar-refractivity contribution in [3.05, 3.63) is 0 Å². The van der Waals surface area contributed by atoms with E-state index in [1.54, 1.807) is 13.8 Å². The Morgan fingerprint density at radius 2 is 1.27 bits per heavy atom. The molecule has 0 aliphatic heterocycles. The van der Waals surface area contributed by atoms with Gasteiger partial charge >= 0.3 is 0 Å². The highest BCUT2D eigenvalue weighted by Gasteiger charge is 2.12. The average molecular weight is 314 g/mol. The second-order valence-electron chi connectivity index (χ2n) is 5.27. The molecule has 0 bridgehead atoms. The van der Waals surface area contributed by atoms with Gasteiger partial charge in [-0.15, -0.1) is 0 Å². The molecule has 0 heterocycles. The summed E-state index contributed by atoms with van der Waals surface area (Å²) >= 11 is 0. The quantitative estimate of drug-likeness (QED) is 0.536. The molecule has 0 aromatic heterocycles. The third-order valence-electron chi connectivity index (χ3n) is 3.14. The minimum absolute atomic E-state index is 0.0876. The number of Topliss-reactive ketones (excluding diaryl/α,β-unsaturated/α-hetero) is 2. The molecule has 2 amide bonds. The fourth-order valence-electron chi connectivity index (χ4n) is 1.43. The first-order valence-electron chi connectivity index (χ1n) is 7.41. The molecule has 0 radical (unpaired) electrons. The zero-order chi connectivity index (χ0) is 17.1. The number of rotatable bonds is 11. The molecule has 2 atom stereocenters. The third kappa shape index (κ3) is 10.0. The highest BCUT2D eigenvalue weighted by molar-refractivity contribution is 5.87. The van der Waals surface area contributed by atoms with E-state index in [1.807, 2.05) is 0 Å². The summed E-state index contributed by atoms with van der Waals surface area (Å²) in [5, 5.41) is 5.14. The van der Waals surface area contributed by atoms with Crippen molar-refractivity contribution in [1.29, 1.82) is 0 Å². The summed E-state index contributed by atoms with van der Waals surface area (Å²) in [6.07, 6.45) is 0.957. The SMILES string of the molecule is CC(=O)C(C)NC(=O)CCCOCCC(=O)NC(C)C(C)=O. The van der Waals surface area contributed by atoms with Gasteiger partial charge in [-0.3, -0.25) is 19.2 Å². The molecule has 0 aromatic rings. The largest absolute Gasteiger partial charge is 0.381 e. The minimum atomic E-state index is -0.487. The van der Waals surface area contributed by atoms with Crippen molar-refractivity contribution in [2.45, 2.75) is 59.0 Å². The van der Waals surface area contributed by atoms with Crippen LogP contribution in [0.5, 0.6) is 0 Å². The molecule has 0 spiro atoms. The maximum Gasteiger partial charge on any atom is 0.222 e. The molecule has 2 unspecified atom stereocenters. The second-order valence-corrected chi connectivity index (χ2v) is 5.27. The number of carbonyl (C=O) groups is 4. The van der Waals surface area contributed by atoms with Gasteiger partial charge in [0.2, 0.25) is 11.8 Å². The molecule has 22 heavy (non-hydrogen) atoms. The number of nitrogens with one attached hydrogen (secondary N) is 2. The molecule has 0 aliphatic carbocycles. The fraction of sp³-hybridized carbons (Fsp3) is 0.733. The molecule has 0 aliphatic rings. The minimum Gasteiger partial charge on any atom is -0.381 e. The topological polar surface area (TPSA) is 102 Å². The predicted octanol–water partition coefficient (Wildman–Crippen LogP) is 0.361. The summed E-state index contributed by atoms with van der Waals surface area (Å²) in [6, 6.07) is -0.958. The van der Waals surface area contributed by atoms with E-state index in [9.17, 15) is 19.2 Å². The Hall–Kier alpha value is -1.76. The van der Waals surface area contributed by atoms with Gasteiger partial charge in [0.1, 0.15) is 0 Å². The molecule has 0 fully saturated rings. The Morgan fingerprint density at radius 3 is 1.73 bits per heavy atom. The van der Waals surface area contributed by atoms with Crippen LogP contribution < -0.4 is 10.6 Å². The molecule has 0 saturated heterocycles. The smallest absolute Gasteiger partial charge is 0.222 e. The van der Waals surface area contributed by atoms with Gasteiger partial charge in [0, 0.05) is 19.4 Å². The van der Waals surface area contributed by atoms with Crippen LogP contribution in [0.3, 0.4) is 0 Å². The molecular formula is C15H26N2O5. The zero-order valence-electron chi connectivity index (χ0n) is 13.7. The van der Waals surface area contributed by atoms with Crippen LogP contribution >= 0.6 is 0 Å². The Kier molecular flexibility index (Phi) is 10.0. The van der Waals surface area contributed by atoms with E-state index >= 15 is 0 Å². The molecule has 7 nitrogen and oxygen atoms in total. The summed E-state index contributed by atoms with van der Waals surface area (Å²) in [4.78, 5) is 44.9. The Bertz CT molecular complexity index is 371. The molecule has 126 valence electrons. The lowest BCUT2D eigenvalue weighted by atomic mass is 10.2. The van der Waals surface area contributed by atoms with Crippen molar-refractivity contribution in [2.24, 2.45) is 0 Å². The van der Waals surface area contributed by atoms with Gasteiger partial charge < -0.3 is 15.4 Å². The lowest BCUT2D eigenvalue weighted by Gasteiger charge is -2.11. The van der Waals surface area contributed by atoms with Gasteiger partial charge in [-0.25, -0.2) is 0 Å². The number of ketones is 2. The van der Waals surface area contributed by atoms with Gasteiger partial charge in [0.05, 0.1) is 18.7 Å². The Balaban J connectivity index is 3.62. The monoisotopic (exact) mass is 314 g/mol. The summed E-state index contributed by atoms with van der Waals surface area (Å²) in [7, 11) is 0. The molecule has 7 heteroatoms. The van der Waals surface area contributed by atoms with E-state index < -0.39 is 12.1 Å². The second kappa shape index (κ2) is 10.9. The number of hydrogen-bond acceptors (Lipinski definition) is 5. The normalized spacial score (nSPS) is 13.1. The first kappa shape index (κ1) is 20.2. The van der Waals surface area contributed by atoms with Crippen molar-refractivity contribution in [3.8, 4) is 0 Å². The van der Waals surface area contributed by atoms with Crippen LogP contribution in [0.15, 0.2) is 0 Å². The first-order chi connectivity index (χ1) is 10.2. The summed E-state index contributed by atoms with van der Waals surface area (Å²) < 4.78 is 5.26. The highest BCUT2D eigenvalue weighted by atomic mass is 16.5. The molecule has 2 N–H and O–H groups in total. The van der Waals surface area contributed by atoms with Crippen LogP contribution in [0.4, 0.5) is 0 Å². The van der Waals surface area contributed by atoms with E-state index in [0.717, 1.165) is 0 Å². The van der Waals surface area contributed by atoms with E-state index in [2.05, 4.69) is 10.6 Å². The molecular weight excluding hydrogens is 288 g/mol. The standard InChI is InChI=1S/C15H26N2O5/c1-10(12(3)18)16-14(20)6-5-8-22-9-7-15(21)17-11(2)13(4)19/h10-11H,5-9H2,1-4H3,(H,16,20)(H,17,21). The predicted molar refractivity (Wildman–Crippen MR) is 81.2 cm³/mol. The summed E-state index contributed by atoms with van der Waals surface area (Å²) in [6.45, 7) is 6.70. The number of hydrogen-bond donors (Lipinski definition) is 2. The fourth-order valence-corrected chi connectivity index (χ4v) is 1.43. The van der Waals surface area contributed by atoms with Crippen LogP contribution in [-0.2, 0) is 23.9 Å². The lowest BCUT2D eigenvalue weighted by molar-refractivity contribution is -0.127. The van der Waals surface area contributed by atoms with Crippen molar-refractivity contribution < 1.29 is 23.9 Å². The van der Waals surface area contributed by atoms with Gasteiger partial charge in [0.15, 0.2) is 11.6 Å². The summed E-state index contributed by atoms with van der Waals surface area (Å²) in [5.74, 6) is -0.620. The van der Waals surface area contributed by atoms with Gasteiger partial charge in [-0.2, -0.15) is 0 Å². The Morgan fingerprint density at radius 1 is 0.818 bits per heavy atom. The van der Waals surface area contributed by atoms with E-state index in [4.69, 9.17) is 4.74 Å². The van der Waals surface area contributed by atoms with Crippen LogP contribution in [0, 0.1) is 0 Å². The van der Waals surface area contributed by atoms with Gasteiger partial charge in [0.25, 0.3) is 0 Å². The maximum absolute atomic E-state index is 11.5. The van der Waals surface area contributed by atoms with Crippen LogP contribution in [0.25, 0.3) is 0 Å². The molecule has 0 aromatic carbocycles. The van der Waals surface area contributed by atoms with Crippen molar-refractivity contribution in [3.63, 3.8) is 0 Å². The van der Waals surface area contributed by atoms with E-state index in [0.29, 0.717) is 13.0 Å². The van der Waals surface area contributed by atoms with Gasteiger partial charge in [-0.1, -0.05) is 0 Å². The maximum atomic E-state index is 11.5. The molecule has 0 rings (SSSR count). The lowest BCUT2D eigenvalue weighted by Crippen LogP contribution is -2.37.